The van der Waals surface area contributed by atoms with Gasteiger partial charge in [-0.2, -0.15) is 0 Å². The minimum atomic E-state index is -0.103. The molecule has 1 aliphatic heterocycles. The molecule has 8 heteroatoms. The van der Waals surface area contributed by atoms with E-state index >= 15 is 0 Å². The minimum Gasteiger partial charge on any atom is -0.369 e. The average molecular weight is 473 g/mol. The maximum absolute atomic E-state index is 12.1. The van der Waals surface area contributed by atoms with Gasteiger partial charge in [0.2, 0.25) is 5.95 Å². The lowest BCUT2D eigenvalue weighted by Gasteiger charge is -2.35. The highest BCUT2D eigenvalue weighted by Gasteiger charge is 2.16. The second-order valence-electron chi connectivity index (χ2n) is 8.31. The number of nitrogens with zero attached hydrogens (tertiary/aromatic N) is 4. The van der Waals surface area contributed by atoms with Crippen molar-refractivity contribution in [3.63, 3.8) is 0 Å². The summed E-state index contributed by atoms with van der Waals surface area (Å²) in [6, 6.07) is 16.1. The van der Waals surface area contributed by atoms with E-state index < -0.39 is 0 Å². The summed E-state index contributed by atoms with van der Waals surface area (Å²) < 4.78 is 1.01. The molecule has 3 heterocycles. The van der Waals surface area contributed by atoms with E-state index in [1.807, 2.05) is 30.5 Å². The van der Waals surface area contributed by atoms with Crippen LogP contribution in [0.4, 0.5) is 17.3 Å². The van der Waals surface area contributed by atoms with E-state index in [-0.39, 0.29) is 5.91 Å². The Labute approximate surface area is 203 Å². The van der Waals surface area contributed by atoms with Crippen molar-refractivity contribution in [1.29, 1.82) is 0 Å². The zero-order valence-electron chi connectivity index (χ0n) is 19.4. The first-order valence-corrected chi connectivity index (χ1v) is 12.4. The number of benzene rings is 2. The normalized spacial score (nSPS) is 14.4. The van der Waals surface area contributed by atoms with Crippen molar-refractivity contribution in [1.82, 2.24) is 20.2 Å². The molecular weight excluding hydrogens is 444 g/mol. The smallest absolute Gasteiger partial charge is 0.251 e. The number of likely N-dealkylation sites (N-methyl/N-ethyl adjacent to an activating group) is 1. The number of amides is 1. The second-order valence-corrected chi connectivity index (χ2v) is 9.22. The molecule has 7 nitrogen and oxygen atoms in total. The van der Waals surface area contributed by atoms with E-state index in [0.717, 1.165) is 59.8 Å². The Hall–Kier alpha value is -3.49. The molecule has 1 saturated heterocycles. The Morgan fingerprint density at radius 2 is 1.88 bits per heavy atom. The van der Waals surface area contributed by atoms with Crippen molar-refractivity contribution in [2.24, 2.45) is 0 Å². The van der Waals surface area contributed by atoms with E-state index in [2.05, 4.69) is 62.0 Å². The number of carbonyl (C=O) groups is 1. The predicted octanol–water partition coefficient (Wildman–Crippen LogP) is 4.60. The molecule has 4 aromatic rings. The Balaban J connectivity index is 1.35. The Morgan fingerprint density at radius 3 is 2.62 bits per heavy atom. The standard InChI is InChI=1S/C26H28N6OS/c1-3-31-11-13-32(14-12-31)21-9-7-20(8-10-21)29-26-28-16-23-24(30-26)22(17-34-23)18-5-4-6-19(15-18)25(33)27-2/h4-10,15-17H,3,11-14H2,1-2H3,(H,27,33)(H,28,29,30). The maximum atomic E-state index is 12.1. The van der Waals surface area contributed by atoms with Gasteiger partial charge < -0.3 is 20.4 Å². The van der Waals surface area contributed by atoms with Crippen LogP contribution in [0.1, 0.15) is 17.3 Å². The molecule has 0 atom stereocenters. The first-order valence-electron chi connectivity index (χ1n) is 11.6. The number of thiophene rings is 1. The molecule has 2 aromatic heterocycles. The summed E-state index contributed by atoms with van der Waals surface area (Å²) >= 11 is 1.60. The van der Waals surface area contributed by atoms with Crippen LogP contribution in [-0.4, -0.2) is 60.5 Å². The predicted molar refractivity (Wildman–Crippen MR) is 140 cm³/mol. The third-order valence-corrected chi connectivity index (χ3v) is 7.19. The van der Waals surface area contributed by atoms with Crippen LogP contribution >= 0.6 is 11.3 Å². The van der Waals surface area contributed by atoms with Crippen LogP contribution < -0.4 is 15.5 Å². The number of fused-ring (bicyclic) bond motifs is 1. The average Bonchev–Trinajstić information content (AvgIpc) is 3.32. The molecule has 34 heavy (non-hydrogen) atoms. The summed E-state index contributed by atoms with van der Waals surface area (Å²) in [7, 11) is 1.64. The number of rotatable bonds is 6. The lowest BCUT2D eigenvalue weighted by molar-refractivity contribution is 0.0963. The van der Waals surface area contributed by atoms with Gasteiger partial charge in [0.25, 0.3) is 5.91 Å². The Bertz CT molecular complexity index is 1290. The highest BCUT2D eigenvalue weighted by atomic mass is 32.1. The first kappa shape index (κ1) is 22.3. The summed E-state index contributed by atoms with van der Waals surface area (Å²) in [5, 5.41) is 8.09. The van der Waals surface area contributed by atoms with Crippen molar-refractivity contribution < 1.29 is 4.79 Å². The largest absolute Gasteiger partial charge is 0.369 e. The van der Waals surface area contributed by atoms with Gasteiger partial charge in [0, 0.05) is 61.1 Å². The number of nitrogens with one attached hydrogen (secondary N) is 2. The van der Waals surface area contributed by atoms with Gasteiger partial charge in [0.05, 0.1) is 16.4 Å². The quantitative estimate of drug-likeness (QED) is 0.427. The molecule has 1 aliphatic rings. The van der Waals surface area contributed by atoms with Crippen LogP contribution in [-0.2, 0) is 0 Å². The van der Waals surface area contributed by atoms with Gasteiger partial charge in [-0.15, -0.1) is 11.3 Å². The first-order chi connectivity index (χ1) is 16.6. The molecule has 0 radical (unpaired) electrons. The van der Waals surface area contributed by atoms with Gasteiger partial charge in [-0.3, -0.25) is 4.79 Å². The topological polar surface area (TPSA) is 73.4 Å². The number of piperazine rings is 1. The SMILES string of the molecule is CCN1CCN(c2ccc(Nc3ncc4scc(-c5cccc(C(=O)NC)c5)c4n3)cc2)CC1. The molecule has 2 aromatic carbocycles. The molecule has 0 bridgehead atoms. The number of anilines is 3. The van der Waals surface area contributed by atoms with E-state index in [0.29, 0.717) is 11.5 Å². The van der Waals surface area contributed by atoms with Gasteiger partial charge in [-0.05, 0) is 48.5 Å². The lowest BCUT2D eigenvalue weighted by atomic mass is 10.0. The van der Waals surface area contributed by atoms with Crippen molar-refractivity contribution in [2.75, 3.05) is 50.0 Å². The highest BCUT2D eigenvalue weighted by Crippen LogP contribution is 2.33. The number of carbonyl (C=O) groups excluding carboxylic acids is 1. The molecule has 0 saturated carbocycles. The van der Waals surface area contributed by atoms with E-state index in [4.69, 9.17) is 4.98 Å². The molecule has 1 fully saturated rings. The summed E-state index contributed by atoms with van der Waals surface area (Å²) in [6.07, 6.45) is 1.85. The van der Waals surface area contributed by atoms with Crippen LogP contribution in [0.25, 0.3) is 21.3 Å². The molecular formula is C26H28N6OS. The Morgan fingerprint density at radius 1 is 1.09 bits per heavy atom. The summed E-state index contributed by atoms with van der Waals surface area (Å²) in [4.78, 5) is 26.3. The molecule has 5 rings (SSSR count). The van der Waals surface area contributed by atoms with Crippen LogP contribution in [0.15, 0.2) is 60.1 Å². The minimum absolute atomic E-state index is 0.103. The fourth-order valence-corrected chi connectivity index (χ4v) is 5.15. The van der Waals surface area contributed by atoms with Gasteiger partial charge in [0.15, 0.2) is 0 Å². The molecule has 0 aliphatic carbocycles. The maximum Gasteiger partial charge on any atom is 0.251 e. The molecule has 0 spiro atoms. The lowest BCUT2D eigenvalue weighted by Crippen LogP contribution is -2.46. The third kappa shape index (κ3) is 4.60. The monoisotopic (exact) mass is 472 g/mol. The van der Waals surface area contributed by atoms with E-state index in [9.17, 15) is 4.79 Å². The van der Waals surface area contributed by atoms with Crippen LogP contribution in [0.3, 0.4) is 0 Å². The fourth-order valence-electron chi connectivity index (χ4n) is 4.27. The molecule has 2 N–H and O–H groups in total. The zero-order valence-corrected chi connectivity index (χ0v) is 20.2. The molecule has 0 unspecified atom stereocenters. The van der Waals surface area contributed by atoms with Gasteiger partial charge in [-0.1, -0.05) is 19.1 Å². The van der Waals surface area contributed by atoms with Crippen molar-refractivity contribution >= 4 is 44.8 Å². The summed E-state index contributed by atoms with van der Waals surface area (Å²) in [5.74, 6) is 0.452. The van der Waals surface area contributed by atoms with Crippen molar-refractivity contribution in [3.8, 4) is 11.1 Å². The number of aromatic nitrogens is 2. The van der Waals surface area contributed by atoms with Crippen LogP contribution in [0, 0.1) is 0 Å². The third-order valence-electron chi connectivity index (χ3n) is 6.28. The summed E-state index contributed by atoms with van der Waals surface area (Å²) in [5.41, 5.74) is 5.66. The number of hydrogen-bond acceptors (Lipinski definition) is 7. The molecule has 174 valence electrons. The highest BCUT2D eigenvalue weighted by molar-refractivity contribution is 7.17. The van der Waals surface area contributed by atoms with Crippen LogP contribution in [0.2, 0.25) is 0 Å². The van der Waals surface area contributed by atoms with Crippen molar-refractivity contribution in [3.05, 3.63) is 65.7 Å². The van der Waals surface area contributed by atoms with Crippen LogP contribution in [0.5, 0.6) is 0 Å². The van der Waals surface area contributed by atoms with Gasteiger partial charge >= 0.3 is 0 Å². The number of hydrogen-bond donors (Lipinski definition) is 2. The second kappa shape index (κ2) is 9.79. The molecule has 1 amide bonds. The fraction of sp³-hybridized carbons (Fsp3) is 0.269. The van der Waals surface area contributed by atoms with Crippen molar-refractivity contribution in [2.45, 2.75) is 6.92 Å². The van der Waals surface area contributed by atoms with E-state index in [1.54, 1.807) is 18.4 Å². The van der Waals surface area contributed by atoms with E-state index in [1.165, 1.54) is 5.69 Å². The van der Waals surface area contributed by atoms with Gasteiger partial charge in [0.1, 0.15) is 0 Å². The summed E-state index contributed by atoms with van der Waals surface area (Å²) in [6.45, 7) is 7.67. The van der Waals surface area contributed by atoms with Gasteiger partial charge in [-0.25, -0.2) is 9.97 Å². The zero-order chi connectivity index (χ0) is 23.5. The Kier molecular flexibility index (Phi) is 6.42.